The first-order valence-corrected chi connectivity index (χ1v) is 10.0. The molecule has 1 aromatic heterocycles. The minimum Gasteiger partial charge on any atom is -0.481 e. The Kier molecular flexibility index (Phi) is 6.61. The van der Waals surface area contributed by atoms with E-state index in [0.29, 0.717) is 43.2 Å². The van der Waals surface area contributed by atoms with Crippen molar-refractivity contribution in [1.29, 1.82) is 0 Å². The summed E-state index contributed by atoms with van der Waals surface area (Å²) in [6.07, 6.45) is 3.78. The van der Waals surface area contributed by atoms with Gasteiger partial charge in [-0.1, -0.05) is 29.4 Å². The number of aliphatic imine (C=N–C) groups is 1. The number of methoxy groups -OCH3 is 1. The number of benzene rings is 1. The second-order valence-electron chi connectivity index (χ2n) is 6.93. The van der Waals surface area contributed by atoms with E-state index in [9.17, 15) is 0 Å². The highest BCUT2D eigenvalue weighted by Crippen LogP contribution is 2.33. The van der Waals surface area contributed by atoms with Gasteiger partial charge in [0.1, 0.15) is 20.3 Å². The average Bonchev–Trinajstić information content (AvgIpc) is 3.67. The summed E-state index contributed by atoms with van der Waals surface area (Å²) in [5.74, 6) is 1.84. The molecule has 2 heterocycles. The topological polar surface area (TPSA) is 96.1 Å². The van der Waals surface area contributed by atoms with Gasteiger partial charge in [0.15, 0.2) is 18.2 Å². The number of rotatable bonds is 8. The summed E-state index contributed by atoms with van der Waals surface area (Å²) < 4.78 is 16.9. The molecule has 1 aliphatic carbocycles. The Morgan fingerprint density at radius 1 is 1.13 bits per heavy atom. The minimum atomic E-state index is 0.279. The zero-order chi connectivity index (χ0) is 21.5. The molecular formula is C22H24N4O5. The summed E-state index contributed by atoms with van der Waals surface area (Å²) >= 11 is 0. The lowest BCUT2D eigenvalue weighted by Gasteiger charge is -2.17. The third kappa shape index (κ3) is 5.30. The van der Waals surface area contributed by atoms with Crippen LogP contribution in [0.15, 0.2) is 57.9 Å². The van der Waals surface area contributed by atoms with Gasteiger partial charge in [-0.2, -0.15) is 0 Å². The zero-order valence-electron chi connectivity index (χ0n) is 17.5. The van der Waals surface area contributed by atoms with Gasteiger partial charge in [0, 0.05) is 17.5 Å². The number of hydrogen-bond acceptors (Lipinski definition) is 9. The summed E-state index contributed by atoms with van der Waals surface area (Å²) in [5, 5.41) is 8.08. The number of nitrogens with zero attached hydrogens (tertiary/aromatic N) is 4. The van der Waals surface area contributed by atoms with Crippen LogP contribution in [0.1, 0.15) is 24.0 Å². The molecule has 162 valence electrons. The maximum absolute atomic E-state index is 6.15. The van der Waals surface area contributed by atoms with Crippen molar-refractivity contribution in [2.45, 2.75) is 19.4 Å². The highest BCUT2D eigenvalue weighted by atomic mass is 16.7. The fourth-order valence-electron chi connectivity index (χ4n) is 3.00. The number of aromatic nitrogens is 1. The molecule has 1 aliphatic heterocycles. The Balaban J connectivity index is 1.55. The minimum absolute atomic E-state index is 0.279. The molecule has 31 heavy (non-hydrogen) atoms. The lowest BCUT2D eigenvalue weighted by Crippen LogP contribution is -2.26. The fraction of sp³-hybridized carbons (Fsp3) is 0.364. The lowest BCUT2D eigenvalue weighted by atomic mass is 10.0. The molecule has 0 saturated heterocycles. The van der Waals surface area contributed by atoms with Crippen molar-refractivity contribution in [2.75, 3.05) is 27.4 Å². The van der Waals surface area contributed by atoms with Crippen LogP contribution in [0.25, 0.3) is 0 Å². The molecule has 0 unspecified atom stereocenters. The van der Waals surface area contributed by atoms with Crippen molar-refractivity contribution in [3.05, 3.63) is 53.7 Å². The van der Waals surface area contributed by atoms with E-state index in [1.165, 1.54) is 7.11 Å². The van der Waals surface area contributed by atoms with Crippen LogP contribution in [0.2, 0.25) is 0 Å². The van der Waals surface area contributed by atoms with Gasteiger partial charge >= 0.3 is 0 Å². The summed E-state index contributed by atoms with van der Waals surface area (Å²) in [5.41, 5.74) is 2.86. The first kappa shape index (κ1) is 20.6. The van der Waals surface area contributed by atoms with E-state index in [-0.39, 0.29) is 5.90 Å². The average molecular weight is 424 g/mol. The summed E-state index contributed by atoms with van der Waals surface area (Å²) in [4.78, 5) is 19.1. The van der Waals surface area contributed by atoms with Crippen molar-refractivity contribution in [3.63, 3.8) is 0 Å². The van der Waals surface area contributed by atoms with Gasteiger partial charge in [0.25, 0.3) is 5.90 Å². The van der Waals surface area contributed by atoms with Crippen LogP contribution in [0.3, 0.4) is 0 Å². The highest BCUT2D eigenvalue weighted by Gasteiger charge is 2.30. The van der Waals surface area contributed by atoms with Crippen molar-refractivity contribution >= 4 is 23.2 Å². The second kappa shape index (κ2) is 9.92. The molecule has 9 heteroatoms. The SMILES string of the molecule is CON=C(C1=NOCCO1)c1ccccc1COC(=Nc1ccc(OC)nc1)C1CC1. The molecule has 0 atom stereocenters. The van der Waals surface area contributed by atoms with Crippen molar-refractivity contribution in [2.24, 2.45) is 21.2 Å². The van der Waals surface area contributed by atoms with Crippen molar-refractivity contribution < 1.29 is 23.9 Å². The Morgan fingerprint density at radius 2 is 2.00 bits per heavy atom. The Bertz CT molecular complexity index is 984. The van der Waals surface area contributed by atoms with Crippen LogP contribution >= 0.6 is 0 Å². The molecule has 1 fully saturated rings. The van der Waals surface area contributed by atoms with Gasteiger partial charge in [0.05, 0.1) is 19.0 Å². The Labute approximate surface area is 180 Å². The normalized spacial score (nSPS) is 16.6. The van der Waals surface area contributed by atoms with Gasteiger partial charge in [-0.05, 0) is 29.6 Å². The molecule has 0 N–H and O–H groups in total. The van der Waals surface area contributed by atoms with E-state index in [4.69, 9.17) is 23.9 Å². The molecule has 1 aromatic carbocycles. The molecule has 4 rings (SSSR count). The van der Waals surface area contributed by atoms with Crippen LogP contribution < -0.4 is 4.74 Å². The molecule has 0 bridgehead atoms. The first-order valence-electron chi connectivity index (χ1n) is 10.0. The molecule has 0 amide bonds. The molecule has 0 spiro atoms. The fourth-order valence-corrected chi connectivity index (χ4v) is 3.00. The summed E-state index contributed by atoms with van der Waals surface area (Å²) in [7, 11) is 3.06. The molecular weight excluding hydrogens is 400 g/mol. The number of ether oxygens (including phenoxy) is 3. The smallest absolute Gasteiger partial charge is 0.280 e. The number of hydrogen-bond donors (Lipinski definition) is 0. The Morgan fingerprint density at radius 3 is 2.68 bits per heavy atom. The van der Waals surface area contributed by atoms with E-state index in [2.05, 4.69) is 20.3 Å². The third-order valence-electron chi connectivity index (χ3n) is 4.69. The molecule has 9 nitrogen and oxygen atoms in total. The van der Waals surface area contributed by atoms with Crippen LogP contribution in [0.4, 0.5) is 5.69 Å². The first-order chi connectivity index (χ1) is 15.3. The third-order valence-corrected chi connectivity index (χ3v) is 4.69. The van der Waals surface area contributed by atoms with Gasteiger partial charge in [0.2, 0.25) is 5.88 Å². The Hall–Kier alpha value is -3.62. The van der Waals surface area contributed by atoms with E-state index >= 15 is 0 Å². The van der Waals surface area contributed by atoms with Gasteiger partial charge in [-0.25, -0.2) is 9.98 Å². The van der Waals surface area contributed by atoms with Gasteiger partial charge in [-0.3, -0.25) is 0 Å². The van der Waals surface area contributed by atoms with Crippen LogP contribution in [0, 0.1) is 5.92 Å². The largest absolute Gasteiger partial charge is 0.481 e. The second-order valence-corrected chi connectivity index (χ2v) is 6.93. The predicted octanol–water partition coefficient (Wildman–Crippen LogP) is 3.46. The molecule has 2 aliphatic rings. The monoisotopic (exact) mass is 424 g/mol. The zero-order valence-corrected chi connectivity index (χ0v) is 17.5. The van der Waals surface area contributed by atoms with Gasteiger partial charge < -0.3 is 23.9 Å². The van der Waals surface area contributed by atoms with Crippen molar-refractivity contribution in [3.8, 4) is 5.88 Å². The van der Waals surface area contributed by atoms with E-state index in [1.807, 2.05) is 30.3 Å². The standard InChI is InChI=1S/C22H24N4O5/c1-27-19-10-9-17(13-23-19)24-21(15-7-8-15)30-14-16-5-3-4-6-18(16)20(25-28-2)22-26-31-12-11-29-22/h3-6,9-10,13,15H,7-8,11-12,14H2,1-2H3. The predicted molar refractivity (Wildman–Crippen MR) is 115 cm³/mol. The lowest BCUT2D eigenvalue weighted by molar-refractivity contribution is 0.0672. The maximum atomic E-state index is 6.15. The van der Waals surface area contributed by atoms with E-state index < -0.39 is 0 Å². The number of pyridine rings is 1. The molecule has 2 aromatic rings. The van der Waals surface area contributed by atoms with Gasteiger partial charge in [-0.15, -0.1) is 0 Å². The van der Waals surface area contributed by atoms with Crippen molar-refractivity contribution in [1.82, 2.24) is 4.98 Å². The quantitative estimate of drug-likeness (QED) is 0.366. The van der Waals surface area contributed by atoms with Crippen LogP contribution in [0.5, 0.6) is 5.88 Å². The maximum Gasteiger partial charge on any atom is 0.280 e. The van der Waals surface area contributed by atoms with Crippen LogP contribution in [-0.2, 0) is 25.8 Å². The molecule has 0 radical (unpaired) electrons. The molecule has 1 saturated carbocycles. The van der Waals surface area contributed by atoms with Crippen LogP contribution in [-0.4, -0.2) is 49.9 Å². The summed E-state index contributed by atoms with van der Waals surface area (Å²) in [6.45, 7) is 1.11. The summed E-state index contributed by atoms with van der Waals surface area (Å²) in [6, 6.07) is 11.4. The highest BCUT2D eigenvalue weighted by molar-refractivity contribution is 6.45. The van der Waals surface area contributed by atoms with E-state index in [0.717, 1.165) is 29.7 Å². The van der Waals surface area contributed by atoms with E-state index in [1.54, 1.807) is 19.4 Å². The number of oxime groups is 2.